The highest BCUT2D eigenvalue weighted by molar-refractivity contribution is 6.30. The molecule has 140 valence electrons. The lowest BCUT2D eigenvalue weighted by Crippen LogP contribution is -2.10. The minimum atomic E-state index is -0.178. The third-order valence-corrected chi connectivity index (χ3v) is 4.83. The smallest absolute Gasteiger partial charge is 0.235 e. The maximum Gasteiger partial charge on any atom is 0.235 e. The first kappa shape index (κ1) is 18.3. The third kappa shape index (κ3) is 3.67. The normalized spacial score (nSPS) is 11.0. The van der Waals surface area contributed by atoms with Gasteiger partial charge in [-0.1, -0.05) is 65.2 Å². The topological polar surface area (TPSA) is 39.4 Å². The van der Waals surface area contributed by atoms with Crippen LogP contribution in [0, 0.1) is 13.8 Å². The zero-order valence-electron chi connectivity index (χ0n) is 15.7. The number of rotatable bonds is 4. The van der Waals surface area contributed by atoms with Crippen molar-refractivity contribution >= 4 is 22.6 Å². The summed E-state index contributed by atoms with van der Waals surface area (Å²) in [6.07, 6.45) is 0. The highest BCUT2D eigenvalue weighted by Gasteiger charge is 2.18. The average Bonchev–Trinajstić information content (AvgIpc) is 2.68. The fourth-order valence-corrected chi connectivity index (χ4v) is 3.31. The fourth-order valence-electron chi connectivity index (χ4n) is 3.10. The molecule has 0 atom stereocenters. The van der Waals surface area contributed by atoms with Crippen molar-refractivity contribution in [2.24, 2.45) is 0 Å². The van der Waals surface area contributed by atoms with Crippen LogP contribution in [0.15, 0.2) is 75.9 Å². The predicted molar refractivity (Wildman–Crippen MR) is 113 cm³/mol. The van der Waals surface area contributed by atoms with Gasteiger partial charge < -0.3 is 9.15 Å². The van der Waals surface area contributed by atoms with Crippen molar-refractivity contribution < 1.29 is 9.15 Å². The van der Waals surface area contributed by atoms with E-state index in [1.165, 1.54) is 0 Å². The van der Waals surface area contributed by atoms with Gasteiger partial charge >= 0.3 is 0 Å². The summed E-state index contributed by atoms with van der Waals surface area (Å²) in [6.45, 7) is 4.18. The first-order valence-corrected chi connectivity index (χ1v) is 9.41. The molecule has 0 aliphatic rings. The van der Waals surface area contributed by atoms with Crippen LogP contribution in [-0.2, 0) is 6.61 Å². The lowest BCUT2D eigenvalue weighted by molar-refractivity contribution is 0.298. The van der Waals surface area contributed by atoms with Gasteiger partial charge in [-0.15, -0.1) is 0 Å². The molecule has 4 aromatic rings. The number of aryl methyl sites for hydroxylation is 2. The number of ether oxygens (including phenoxy) is 1. The molecular weight excluding hydrogens is 372 g/mol. The minimum Gasteiger partial charge on any atom is -0.481 e. The molecule has 0 saturated carbocycles. The van der Waals surface area contributed by atoms with Crippen LogP contribution in [0.25, 0.3) is 22.3 Å². The molecule has 28 heavy (non-hydrogen) atoms. The molecule has 0 saturated heterocycles. The van der Waals surface area contributed by atoms with Crippen LogP contribution in [-0.4, -0.2) is 0 Å². The molecule has 0 spiro atoms. The second-order valence-electron chi connectivity index (χ2n) is 6.87. The van der Waals surface area contributed by atoms with E-state index in [0.717, 1.165) is 22.3 Å². The van der Waals surface area contributed by atoms with E-state index in [-0.39, 0.29) is 17.8 Å². The molecule has 1 heterocycles. The van der Waals surface area contributed by atoms with Gasteiger partial charge in [0, 0.05) is 10.6 Å². The molecule has 3 aromatic carbocycles. The Labute approximate surface area is 168 Å². The molecule has 0 unspecified atom stereocenters. The maximum atomic E-state index is 13.2. The van der Waals surface area contributed by atoms with Crippen LogP contribution in [0.4, 0.5) is 0 Å². The van der Waals surface area contributed by atoms with Gasteiger partial charge in [-0.3, -0.25) is 4.79 Å². The summed E-state index contributed by atoms with van der Waals surface area (Å²) < 4.78 is 12.1. The largest absolute Gasteiger partial charge is 0.481 e. The van der Waals surface area contributed by atoms with Crippen molar-refractivity contribution in [2.75, 3.05) is 0 Å². The SMILES string of the molecule is Cc1ccc(-c2oc3ccc(C)cc3c(=O)c2OCc2cccc(Cl)c2)cc1. The quantitative estimate of drug-likeness (QED) is 0.410. The maximum absolute atomic E-state index is 13.2. The molecule has 4 heteroatoms. The molecule has 0 aliphatic heterocycles. The number of hydrogen-bond acceptors (Lipinski definition) is 3. The predicted octanol–water partition coefficient (Wildman–Crippen LogP) is 6.31. The monoisotopic (exact) mass is 390 g/mol. The summed E-state index contributed by atoms with van der Waals surface area (Å²) in [6, 6.07) is 20.8. The highest BCUT2D eigenvalue weighted by Crippen LogP contribution is 2.32. The molecule has 0 aliphatic carbocycles. The Morgan fingerprint density at radius 3 is 2.43 bits per heavy atom. The molecule has 4 rings (SSSR count). The van der Waals surface area contributed by atoms with Crippen molar-refractivity contribution in [3.05, 3.63) is 98.7 Å². The van der Waals surface area contributed by atoms with Crippen molar-refractivity contribution in [3.63, 3.8) is 0 Å². The lowest BCUT2D eigenvalue weighted by Gasteiger charge is -2.12. The van der Waals surface area contributed by atoms with Gasteiger partial charge in [0.1, 0.15) is 12.2 Å². The van der Waals surface area contributed by atoms with E-state index in [0.29, 0.717) is 21.8 Å². The average molecular weight is 391 g/mol. The summed E-state index contributed by atoms with van der Waals surface area (Å²) in [7, 11) is 0. The molecule has 0 amide bonds. The van der Waals surface area contributed by atoms with Crippen LogP contribution >= 0.6 is 11.6 Å². The van der Waals surface area contributed by atoms with E-state index in [1.54, 1.807) is 6.07 Å². The van der Waals surface area contributed by atoms with Crippen LogP contribution in [0.2, 0.25) is 5.02 Å². The second kappa shape index (κ2) is 7.53. The zero-order valence-corrected chi connectivity index (χ0v) is 16.4. The minimum absolute atomic E-state index is 0.178. The summed E-state index contributed by atoms with van der Waals surface area (Å²) in [5.74, 6) is 0.644. The Balaban J connectivity index is 1.85. The molecule has 0 bridgehead atoms. The van der Waals surface area contributed by atoms with E-state index in [4.69, 9.17) is 20.8 Å². The summed E-state index contributed by atoms with van der Waals surface area (Å²) in [4.78, 5) is 13.2. The first-order valence-electron chi connectivity index (χ1n) is 9.03. The first-order chi connectivity index (χ1) is 13.5. The Kier molecular flexibility index (Phi) is 4.93. The molecular formula is C24H19ClO3. The van der Waals surface area contributed by atoms with E-state index >= 15 is 0 Å². The van der Waals surface area contributed by atoms with Gasteiger partial charge in [-0.25, -0.2) is 0 Å². The van der Waals surface area contributed by atoms with Crippen LogP contribution in [0.3, 0.4) is 0 Å². The number of benzene rings is 3. The van der Waals surface area contributed by atoms with Crippen LogP contribution < -0.4 is 10.2 Å². The Hall–Kier alpha value is -3.04. The van der Waals surface area contributed by atoms with E-state index < -0.39 is 0 Å². The van der Waals surface area contributed by atoms with Gasteiger partial charge in [0.05, 0.1) is 5.39 Å². The fraction of sp³-hybridized carbons (Fsp3) is 0.125. The van der Waals surface area contributed by atoms with E-state index in [9.17, 15) is 4.79 Å². The Morgan fingerprint density at radius 1 is 0.929 bits per heavy atom. The number of halogens is 1. The summed E-state index contributed by atoms with van der Waals surface area (Å²) in [5.41, 5.74) is 4.16. The zero-order chi connectivity index (χ0) is 19.7. The molecule has 0 radical (unpaired) electrons. The van der Waals surface area contributed by atoms with Gasteiger partial charge in [0.25, 0.3) is 0 Å². The lowest BCUT2D eigenvalue weighted by atomic mass is 10.1. The molecule has 1 aromatic heterocycles. The third-order valence-electron chi connectivity index (χ3n) is 4.59. The van der Waals surface area contributed by atoms with E-state index in [2.05, 4.69) is 0 Å². The highest BCUT2D eigenvalue weighted by atomic mass is 35.5. The summed E-state index contributed by atoms with van der Waals surface area (Å²) in [5, 5.41) is 1.14. The van der Waals surface area contributed by atoms with Crippen molar-refractivity contribution in [1.29, 1.82) is 0 Å². The summed E-state index contributed by atoms with van der Waals surface area (Å²) >= 11 is 6.06. The van der Waals surface area contributed by atoms with Crippen molar-refractivity contribution in [1.82, 2.24) is 0 Å². The van der Waals surface area contributed by atoms with Gasteiger partial charge in [0.15, 0.2) is 5.76 Å². The Morgan fingerprint density at radius 2 is 1.68 bits per heavy atom. The molecule has 0 fully saturated rings. The molecule has 3 nitrogen and oxygen atoms in total. The number of hydrogen-bond donors (Lipinski definition) is 0. The van der Waals surface area contributed by atoms with Crippen LogP contribution in [0.5, 0.6) is 5.75 Å². The second-order valence-corrected chi connectivity index (χ2v) is 7.31. The van der Waals surface area contributed by atoms with E-state index in [1.807, 2.05) is 74.5 Å². The van der Waals surface area contributed by atoms with Gasteiger partial charge in [-0.05, 0) is 43.7 Å². The Bertz CT molecular complexity index is 1210. The standard InChI is InChI=1S/C24H19ClO3/c1-15-6-9-18(10-7-15)23-24(27-14-17-4-3-5-19(25)13-17)22(26)20-12-16(2)8-11-21(20)28-23/h3-13H,14H2,1-2H3. The van der Waals surface area contributed by atoms with Crippen molar-refractivity contribution in [3.8, 4) is 17.1 Å². The van der Waals surface area contributed by atoms with Gasteiger partial charge in [0.2, 0.25) is 11.2 Å². The van der Waals surface area contributed by atoms with Gasteiger partial charge in [-0.2, -0.15) is 0 Å². The molecule has 0 N–H and O–H groups in total. The van der Waals surface area contributed by atoms with Crippen LogP contribution in [0.1, 0.15) is 16.7 Å². The number of fused-ring (bicyclic) bond motifs is 1. The van der Waals surface area contributed by atoms with Crippen molar-refractivity contribution in [2.45, 2.75) is 20.5 Å².